The summed E-state index contributed by atoms with van der Waals surface area (Å²) >= 11 is 0. The molecule has 1 saturated heterocycles. The fourth-order valence-corrected chi connectivity index (χ4v) is 1.72. The van der Waals surface area contributed by atoms with Crippen LogP contribution in [0.1, 0.15) is 19.3 Å². The monoisotopic (exact) mass is 186 g/mol. The van der Waals surface area contributed by atoms with E-state index in [4.69, 9.17) is 5.73 Å². The van der Waals surface area contributed by atoms with Crippen LogP contribution in [-0.4, -0.2) is 32.2 Å². The molecule has 0 radical (unpaired) electrons. The van der Waals surface area contributed by atoms with Gasteiger partial charge in [-0.1, -0.05) is 0 Å². The van der Waals surface area contributed by atoms with Crippen LogP contribution in [0.15, 0.2) is 0 Å². The van der Waals surface area contributed by atoms with Gasteiger partial charge in [0.25, 0.3) is 0 Å². The molecule has 1 aliphatic rings. The molecule has 1 aliphatic heterocycles. The van der Waals surface area contributed by atoms with Crippen LogP contribution in [0.2, 0.25) is 0 Å². The molecule has 0 aromatic rings. The lowest BCUT2D eigenvalue weighted by molar-refractivity contribution is -0.142. The van der Waals surface area contributed by atoms with E-state index >= 15 is 0 Å². The average Bonchev–Trinajstić information content (AvgIpc) is 2.18. The Bertz CT molecular complexity index is 167. The van der Waals surface area contributed by atoms with Crippen molar-refractivity contribution in [3.8, 4) is 0 Å². The van der Waals surface area contributed by atoms with Gasteiger partial charge in [0, 0.05) is 0 Å². The van der Waals surface area contributed by atoms with E-state index in [1.807, 2.05) is 0 Å². The van der Waals surface area contributed by atoms with Gasteiger partial charge in [0.15, 0.2) is 0 Å². The Kier molecular flexibility index (Phi) is 4.18. The maximum atomic E-state index is 11.0. The van der Waals surface area contributed by atoms with E-state index in [2.05, 4.69) is 10.1 Å². The molecule has 0 amide bonds. The van der Waals surface area contributed by atoms with Crippen LogP contribution in [0.25, 0.3) is 0 Å². The summed E-state index contributed by atoms with van der Waals surface area (Å²) in [5, 5.41) is 3.27. The van der Waals surface area contributed by atoms with Gasteiger partial charge in [0.1, 0.15) is 6.04 Å². The number of carbonyl (C=O) groups is 1. The van der Waals surface area contributed by atoms with Crippen molar-refractivity contribution in [2.45, 2.75) is 25.3 Å². The van der Waals surface area contributed by atoms with Gasteiger partial charge in [-0.25, -0.2) is 0 Å². The van der Waals surface area contributed by atoms with Crippen molar-refractivity contribution >= 4 is 5.97 Å². The predicted molar refractivity (Wildman–Crippen MR) is 50.2 cm³/mol. The van der Waals surface area contributed by atoms with Gasteiger partial charge >= 0.3 is 5.97 Å². The summed E-state index contributed by atoms with van der Waals surface area (Å²) in [6.45, 7) is 2.08. The first-order valence-corrected chi connectivity index (χ1v) is 4.78. The maximum Gasteiger partial charge on any atom is 0.322 e. The van der Waals surface area contributed by atoms with E-state index < -0.39 is 6.04 Å². The van der Waals surface area contributed by atoms with Gasteiger partial charge in [-0.3, -0.25) is 4.79 Å². The number of hydrogen-bond acceptors (Lipinski definition) is 4. The Morgan fingerprint density at radius 3 is 2.77 bits per heavy atom. The average molecular weight is 186 g/mol. The van der Waals surface area contributed by atoms with Gasteiger partial charge in [-0.2, -0.15) is 0 Å². The van der Waals surface area contributed by atoms with E-state index in [0.717, 1.165) is 32.4 Å². The molecule has 1 heterocycles. The zero-order chi connectivity index (χ0) is 9.68. The minimum absolute atomic E-state index is 0.293. The highest BCUT2D eigenvalue weighted by atomic mass is 16.5. The highest BCUT2D eigenvalue weighted by Crippen LogP contribution is 2.17. The molecule has 0 spiro atoms. The summed E-state index contributed by atoms with van der Waals surface area (Å²) < 4.78 is 4.57. The number of piperidine rings is 1. The Labute approximate surface area is 78.8 Å². The van der Waals surface area contributed by atoms with Crippen LogP contribution in [0.5, 0.6) is 0 Å². The van der Waals surface area contributed by atoms with Gasteiger partial charge in [-0.05, 0) is 38.3 Å². The Morgan fingerprint density at radius 1 is 1.62 bits per heavy atom. The molecule has 4 nitrogen and oxygen atoms in total. The summed E-state index contributed by atoms with van der Waals surface area (Å²) in [6.07, 6.45) is 2.99. The summed E-state index contributed by atoms with van der Waals surface area (Å²) in [7, 11) is 1.38. The molecule has 0 aliphatic carbocycles. The largest absolute Gasteiger partial charge is 0.468 e. The fraction of sp³-hybridized carbons (Fsp3) is 0.889. The van der Waals surface area contributed by atoms with Crippen molar-refractivity contribution in [1.82, 2.24) is 5.32 Å². The van der Waals surface area contributed by atoms with Gasteiger partial charge < -0.3 is 15.8 Å². The van der Waals surface area contributed by atoms with Crippen molar-refractivity contribution in [2.24, 2.45) is 11.7 Å². The number of nitrogens with one attached hydrogen (secondary N) is 1. The van der Waals surface area contributed by atoms with Gasteiger partial charge in [-0.15, -0.1) is 0 Å². The Balaban J connectivity index is 2.25. The van der Waals surface area contributed by atoms with Crippen molar-refractivity contribution in [3.05, 3.63) is 0 Å². The highest BCUT2D eigenvalue weighted by molar-refractivity contribution is 5.75. The fourth-order valence-electron chi connectivity index (χ4n) is 1.72. The van der Waals surface area contributed by atoms with Gasteiger partial charge in [0.2, 0.25) is 0 Å². The quantitative estimate of drug-likeness (QED) is 0.603. The summed E-state index contributed by atoms with van der Waals surface area (Å²) in [5.41, 5.74) is 5.66. The van der Waals surface area contributed by atoms with Crippen molar-refractivity contribution in [3.63, 3.8) is 0 Å². The van der Waals surface area contributed by atoms with E-state index in [1.165, 1.54) is 7.11 Å². The molecule has 0 aromatic carbocycles. The second kappa shape index (κ2) is 5.19. The number of carbonyl (C=O) groups excluding carboxylic acids is 1. The summed E-state index contributed by atoms with van der Waals surface area (Å²) in [6, 6.07) is -0.437. The number of methoxy groups -OCH3 is 1. The first-order valence-electron chi connectivity index (χ1n) is 4.78. The molecule has 13 heavy (non-hydrogen) atoms. The molecule has 3 N–H and O–H groups in total. The number of esters is 1. The summed E-state index contributed by atoms with van der Waals surface area (Å²) in [5.74, 6) is 0.286. The lowest BCUT2D eigenvalue weighted by Gasteiger charge is -2.24. The SMILES string of the molecule is COC(=O)C(N)CC1CCNCC1. The normalized spacial score (nSPS) is 21.1. The topological polar surface area (TPSA) is 64.3 Å². The van der Waals surface area contributed by atoms with Crippen molar-refractivity contribution < 1.29 is 9.53 Å². The first-order chi connectivity index (χ1) is 6.24. The highest BCUT2D eigenvalue weighted by Gasteiger charge is 2.21. The van der Waals surface area contributed by atoms with Crippen LogP contribution < -0.4 is 11.1 Å². The van der Waals surface area contributed by atoms with Crippen LogP contribution >= 0.6 is 0 Å². The summed E-state index contributed by atoms with van der Waals surface area (Å²) in [4.78, 5) is 11.0. The lowest BCUT2D eigenvalue weighted by atomic mass is 9.91. The molecular weight excluding hydrogens is 168 g/mol. The molecule has 1 unspecified atom stereocenters. The Hall–Kier alpha value is -0.610. The third kappa shape index (κ3) is 3.32. The van der Waals surface area contributed by atoms with E-state index in [-0.39, 0.29) is 5.97 Å². The van der Waals surface area contributed by atoms with Crippen LogP contribution in [-0.2, 0) is 9.53 Å². The molecule has 0 aromatic heterocycles. The molecule has 4 heteroatoms. The van der Waals surface area contributed by atoms with Crippen molar-refractivity contribution in [1.29, 1.82) is 0 Å². The second-order valence-corrected chi connectivity index (χ2v) is 3.56. The molecular formula is C9H18N2O2. The standard InChI is InChI=1S/C9H18N2O2/c1-13-9(12)8(10)6-7-2-4-11-5-3-7/h7-8,11H,2-6,10H2,1H3. The Morgan fingerprint density at radius 2 is 2.23 bits per heavy atom. The van der Waals surface area contributed by atoms with E-state index in [9.17, 15) is 4.79 Å². The molecule has 1 atom stereocenters. The molecule has 1 rings (SSSR count). The second-order valence-electron chi connectivity index (χ2n) is 3.56. The predicted octanol–water partition coefficient (Wildman–Crippen LogP) is -0.124. The molecule has 76 valence electrons. The van der Waals surface area contributed by atoms with Crippen LogP contribution in [0, 0.1) is 5.92 Å². The minimum atomic E-state index is -0.437. The molecule has 0 bridgehead atoms. The van der Waals surface area contributed by atoms with Crippen LogP contribution in [0.4, 0.5) is 0 Å². The molecule has 1 fully saturated rings. The molecule has 0 saturated carbocycles. The minimum Gasteiger partial charge on any atom is -0.468 e. The number of rotatable bonds is 3. The van der Waals surface area contributed by atoms with Gasteiger partial charge in [0.05, 0.1) is 7.11 Å². The van der Waals surface area contributed by atoms with Crippen LogP contribution in [0.3, 0.4) is 0 Å². The third-order valence-electron chi connectivity index (χ3n) is 2.55. The van der Waals surface area contributed by atoms with E-state index in [1.54, 1.807) is 0 Å². The lowest BCUT2D eigenvalue weighted by Crippen LogP contribution is -2.37. The maximum absolute atomic E-state index is 11.0. The number of nitrogens with two attached hydrogens (primary N) is 1. The first kappa shape index (κ1) is 10.5. The third-order valence-corrected chi connectivity index (χ3v) is 2.55. The zero-order valence-corrected chi connectivity index (χ0v) is 8.08. The van der Waals surface area contributed by atoms with Crippen molar-refractivity contribution in [2.75, 3.05) is 20.2 Å². The number of hydrogen-bond donors (Lipinski definition) is 2. The smallest absolute Gasteiger partial charge is 0.322 e. The zero-order valence-electron chi connectivity index (χ0n) is 8.08. The number of ether oxygens (including phenoxy) is 1. The van der Waals surface area contributed by atoms with E-state index in [0.29, 0.717) is 5.92 Å².